The lowest BCUT2D eigenvalue weighted by Gasteiger charge is -2.24. The third kappa shape index (κ3) is 2.47. The molecule has 19 heavy (non-hydrogen) atoms. The zero-order chi connectivity index (χ0) is 13.2. The second kappa shape index (κ2) is 5.47. The van der Waals surface area contributed by atoms with E-state index in [0.717, 1.165) is 24.4 Å². The second-order valence-electron chi connectivity index (χ2n) is 5.17. The maximum atomic E-state index is 5.47. The number of aryl methyl sites for hydroxylation is 2. The van der Waals surface area contributed by atoms with Crippen molar-refractivity contribution in [2.24, 2.45) is 0 Å². The molecule has 2 aromatic heterocycles. The number of aromatic nitrogens is 1. The van der Waals surface area contributed by atoms with E-state index in [1.807, 2.05) is 11.3 Å². The van der Waals surface area contributed by atoms with Gasteiger partial charge in [0, 0.05) is 29.4 Å². The predicted molar refractivity (Wildman–Crippen MR) is 77.3 cm³/mol. The van der Waals surface area contributed by atoms with E-state index in [0.29, 0.717) is 6.04 Å². The van der Waals surface area contributed by atoms with Gasteiger partial charge in [-0.2, -0.15) is 0 Å². The summed E-state index contributed by atoms with van der Waals surface area (Å²) in [6, 6.07) is 4.84. The molecular weight excluding hydrogens is 256 g/mol. The van der Waals surface area contributed by atoms with Gasteiger partial charge < -0.3 is 4.52 Å². The van der Waals surface area contributed by atoms with Crippen LogP contribution < -0.4 is 0 Å². The molecule has 0 spiro atoms. The number of thiophene rings is 1. The van der Waals surface area contributed by atoms with Crippen molar-refractivity contribution < 1.29 is 4.52 Å². The highest BCUT2D eigenvalue weighted by molar-refractivity contribution is 7.09. The van der Waals surface area contributed by atoms with E-state index in [4.69, 9.17) is 4.52 Å². The van der Waals surface area contributed by atoms with Gasteiger partial charge in [0.2, 0.25) is 0 Å². The van der Waals surface area contributed by atoms with E-state index >= 15 is 0 Å². The van der Waals surface area contributed by atoms with Gasteiger partial charge in [-0.25, -0.2) is 0 Å². The third-order valence-electron chi connectivity index (χ3n) is 3.94. The van der Waals surface area contributed by atoms with Crippen LogP contribution in [-0.4, -0.2) is 16.6 Å². The van der Waals surface area contributed by atoms with E-state index < -0.39 is 0 Å². The Labute approximate surface area is 118 Å². The number of nitrogens with zero attached hydrogens (tertiary/aromatic N) is 2. The molecule has 0 saturated carbocycles. The van der Waals surface area contributed by atoms with Crippen LogP contribution in [0.25, 0.3) is 0 Å². The fourth-order valence-corrected chi connectivity index (χ4v) is 3.78. The van der Waals surface area contributed by atoms with Gasteiger partial charge >= 0.3 is 0 Å². The van der Waals surface area contributed by atoms with Gasteiger partial charge in [-0.1, -0.05) is 18.1 Å². The molecule has 1 fully saturated rings. The Morgan fingerprint density at radius 3 is 3.16 bits per heavy atom. The molecule has 0 amide bonds. The first-order valence-electron chi connectivity index (χ1n) is 7.01. The smallest absolute Gasteiger partial charge is 0.141 e. The van der Waals surface area contributed by atoms with Crippen LogP contribution in [0.3, 0.4) is 0 Å². The summed E-state index contributed by atoms with van der Waals surface area (Å²) in [6.07, 6.45) is 3.42. The standard InChI is InChI=1S/C15H20N2OS/c1-3-14-15(11(2)16-18-14)13-7-4-8-17(13)10-12-6-5-9-19-12/h5-6,9,13H,3-4,7-8,10H2,1-2H3/t13-/m0/s1. The SMILES string of the molecule is CCc1onc(C)c1[C@@H]1CCCN1Cc1cccs1. The van der Waals surface area contributed by atoms with Crippen LogP contribution in [0.15, 0.2) is 22.0 Å². The Morgan fingerprint density at radius 2 is 2.42 bits per heavy atom. The minimum absolute atomic E-state index is 0.489. The second-order valence-corrected chi connectivity index (χ2v) is 6.20. The zero-order valence-electron chi connectivity index (χ0n) is 11.6. The number of likely N-dealkylation sites (tertiary alicyclic amines) is 1. The molecule has 0 aliphatic carbocycles. The summed E-state index contributed by atoms with van der Waals surface area (Å²) >= 11 is 1.84. The predicted octanol–water partition coefficient (Wildman–Crippen LogP) is 3.94. The van der Waals surface area contributed by atoms with Gasteiger partial charge in [0.1, 0.15) is 5.76 Å². The van der Waals surface area contributed by atoms with E-state index in [1.54, 1.807) is 0 Å². The molecule has 0 unspecified atom stereocenters. The van der Waals surface area contributed by atoms with Gasteiger partial charge in [0.05, 0.1) is 5.69 Å². The van der Waals surface area contributed by atoms with Crippen LogP contribution in [0.5, 0.6) is 0 Å². The van der Waals surface area contributed by atoms with Crippen molar-refractivity contribution in [3.05, 3.63) is 39.4 Å². The van der Waals surface area contributed by atoms with E-state index in [2.05, 4.69) is 41.4 Å². The lowest BCUT2D eigenvalue weighted by Crippen LogP contribution is -2.23. The molecule has 0 N–H and O–H groups in total. The normalized spacial score (nSPS) is 20.2. The van der Waals surface area contributed by atoms with Crippen molar-refractivity contribution in [3.8, 4) is 0 Å². The zero-order valence-corrected chi connectivity index (χ0v) is 12.4. The quantitative estimate of drug-likeness (QED) is 0.847. The summed E-state index contributed by atoms with van der Waals surface area (Å²) in [7, 11) is 0. The fraction of sp³-hybridized carbons (Fsp3) is 0.533. The molecule has 3 heterocycles. The summed E-state index contributed by atoms with van der Waals surface area (Å²) in [6.45, 7) is 6.44. The van der Waals surface area contributed by atoms with Crippen molar-refractivity contribution in [2.45, 2.75) is 45.7 Å². The maximum absolute atomic E-state index is 5.47. The van der Waals surface area contributed by atoms with Crippen LogP contribution in [0.1, 0.15) is 47.7 Å². The van der Waals surface area contributed by atoms with E-state index in [1.165, 1.54) is 29.8 Å². The van der Waals surface area contributed by atoms with Gasteiger partial charge in [-0.05, 0) is 37.8 Å². The minimum atomic E-state index is 0.489. The number of hydrogen-bond acceptors (Lipinski definition) is 4. The van der Waals surface area contributed by atoms with Crippen LogP contribution in [0.2, 0.25) is 0 Å². The van der Waals surface area contributed by atoms with E-state index in [9.17, 15) is 0 Å². The van der Waals surface area contributed by atoms with Gasteiger partial charge in [-0.3, -0.25) is 4.90 Å². The molecule has 3 rings (SSSR count). The Balaban J connectivity index is 1.84. The highest BCUT2D eigenvalue weighted by atomic mass is 32.1. The molecule has 0 radical (unpaired) electrons. The summed E-state index contributed by atoms with van der Waals surface area (Å²) in [5.74, 6) is 1.07. The fourth-order valence-electron chi connectivity index (χ4n) is 3.05. The Hall–Kier alpha value is -1.13. The molecule has 1 aliphatic heterocycles. The summed E-state index contributed by atoms with van der Waals surface area (Å²) < 4.78 is 5.47. The van der Waals surface area contributed by atoms with E-state index in [-0.39, 0.29) is 0 Å². The first kappa shape index (κ1) is 12.9. The van der Waals surface area contributed by atoms with Crippen LogP contribution >= 0.6 is 11.3 Å². The average Bonchev–Trinajstić information content (AvgIpc) is 3.11. The van der Waals surface area contributed by atoms with Crippen molar-refractivity contribution in [2.75, 3.05) is 6.54 Å². The van der Waals surface area contributed by atoms with Crippen molar-refractivity contribution in [1.82, 2.24) is 10.1 Å². The topological polar surface area (TPSA) is 29.3 Å². The van der Waals surface area contributed by atoms with Gasteiger partial charge in [0.25, 0.3) is 0 Å². The minimum Gasteiger partial charge on any atom is -0.361 e. The van der Waals surface area contributed by atoms with Crippen LogP contribution in [-0.2, 0) is 13.0 Å². The highest BCUT2D eigenvalue weighted by Crippen LogP contribution is 2.37. The molecule has 3 nitrogen and oxygen atoms in total. The van der Waals surface area contributed by atoms with Crippen molar-refractivity contribution >= 4 is 11.3 Å². The maximum Gasteiger partial charge on any atom is 0.141 e. The molecule has 2 aromatic rings. The Morgan fingerprint density at radius 1 is 1.53 bits per heavy atom. The van der Waals surface area contributed by atoms with Gasteiger partial charge in [-0.15, -0.1) is 11.3 Å². The third-order valence-corrected chi connectivity index (χ3v) is 4.80. The van der Waals surface area contributed by atoms with Crippen molar-refractivity contribution in [1.29, 1.82) is 0 Å². The molecule has 0 bridgehead atoms. The number of rotatable bonds is 4. The molecule has 1 aliphatic rings. The largest absolute Gasteiger partial charge is 0.361 e. The first-order chi connectivity index (χ1) is 9.29. The summed E-state index contributed by atoms with van der Waals surface area (Å²) in [5.41, 5.74) is 2.41. The molecule has 4 heteroatoms. The van der Waals surface area contributed by atoms with Gasteiger partial charge in [0.15, 0.2) is 0 Å². The van der Waals surface area contributed by atoms with Crippen LogP contribution in [0.4, 0.5) is 0 Å². The van der Waals surface area contributed by atoms with Crippen molar-refractivity contribution in [3.63, 3.8) is 0 Å². The Kier molecular flexibility index (Phi) is 3.71. The molecule has 102 valence electrons. The molecule has 1 saturated heterocycles. The molecule has 0 aromatic carbocycles. The summed E-state index contributed by atoms with van der Waals surface area (Å²) in [5, 5.41) is 6.32. The lowest BCUT2D eigenvalue weighted by molar-refractivity contribution is 0.247. The highest BCUT2D eigenvalue weighted by Gasteiger charge is 2.31. The average molecular weight is 276 g/mol. The lowest BCUT2D eigenvalue weighted by atomic mass is 10.0. The molecule has 1 atom stereocenters. The Bertz CT molecular complexity index is 532. The number of hydrogen-bond donors (Lipinski definition) is 0. The van der Waals surface area contributed by atoms with Crippen LogP contribution in [0, 0.1) is 6.92 Å². The monoisotopic (exact) mass is 276 g/mol. The molecular formula is C15H20N2OS. The first-order valence-corrected chi connectivity index (χ1v) is 7.89. The summed E-state index contributed by atoms with van der Waals surface area (Å²) in [4.78, 5) is 4.02.